The van der Waals surface area contributed by atoms with Crippen LogP contribution in [0, 0.1) is 12.7 Å². The molecule has 5 rings (SSSR count). The first-order chi connectivity index (χ1) is 20.2. The van der Waals surface area contributed by atoms with Crippen molar-refractivity contribution in [3.8, 4) is 6.01 Å². The van der Waals surface area contributed by atoms with E-state index >= 15 is 0 Å². The molecule has 1 saturated heterocycles. The Morgan fingerprint density at radius 3 is 2.76 bits per heavy atom. The molecule has 4 heterocycles. The van der Waals surface area contributed by atoms with Gasteiger partial charge in [-0.2, -0.15) is 10.1 Å². The number of allylic oxidation sites excluding steroid dienone is 1. The molecule has 42 heavy (non-hydrogen) atoms. The molecule has 218 valence electrons. The highest BCUT2D eigenvalue weighted by atomic mass is 19.1. The van der Waals surface area contributed by atoms with Gasteiger partial charge >= 0.3 is 6.01 Å². The van der Waals surface area contributed by atoms with Crippen molar-refractivity contribution >= 4 is 46.7 Å². The average molecular weight is 573 g/mol. The van der Waals surface area contributed by atoms with Crippen LogP contribution < -0.4 is 15.4 Å². The number of hydrogen-bond acceptors (Lipinski definition) is 7. The number of halogens is 1. The number of likely N-dealkylation sites (tertiary alicyclic amines) is 1. The standard InChI is InChI=1S/C29H33FN10O2/c1-17(2)26(37-28(31-4)36-24-11-18(3)39(5)38-24)22-14-32-27-21(22)7-6-8-23(27)35-25(41)16-40-10-9-20(15-40)42-29-33-12-19(30)13-34-29/h6-8,11-14,20,32H,4,9-10,15-16H2,1-3,5H3,(H,35,41)(H,36,37,38)/t20-/m0/s1. The molecular weight excluding hydrogens is 539 g/mol. The summed E-state index contributed by atoms with van der Waals surface area (Å²) in [5.41, 5.74) is 5.17. The first-order valence-corrected chi connectivity index (χ1v) is 13.5. The monoisotopic (exact) mass is 572 g/mol. The number of ether oxygens (including phenoxy) is 1. The van der Waals surface area contributed by atoms with Gasteiger partial charge in [0.25, 0.3) is 0 Å². The van der Waals surface area contributed by atoms with E-state index in [-0.39, 0.29) is 24.6 Å². The molecule has 0 unspecified atom stereocenters. The maximum atomic E-state index is 13.1. The number of aliphatic imine (C=N–C) groups is 2. The number of aromatic nitrogens is 5. The highest BCUT2D eigenvalue weighted by molar-refractivity contribution is 6.06. The number of hydrogen-bond donors (Lipinski definition) is 3. The number of anilines is 1. The van der Waals surface area contributed by atoms with Gasteiger partial charge in [-0.25, -0.2) is 19.4 Å². The van der Waals surface area contributed by atoms with E-state index in [0.717, 1.165) is 45.8 Å². The molecule has 4 aromatic rings. The number of carbonyl (C=O) groups is 1. The number of H-pyrrole nitrogens is 1. The van der Waals surface area contributed by atoms with Crippen molar-refractivity contribution < 1.29 is 13.9 Å². The summed E-state index contributed by atoms with van der Waals surface area (Å²) in [5.74, 6) is 0.185. The lowest BCUT2D eigenvalue weighted by atomic mass is 10.1. The van der Waals surface area contributed by atoms with Crippen LogP contribution in [0.5, 0.6) is 6.01 Å². The van der Waals surface area contributed by atoms with E-state index in [1.807, 2.05) is 63.2 Å². The molecule has 12 nitrogen and oxygen atoms in total. The molecule has 1 aromatic carbocycles. The van der Waals surface area contributed by atoms with Crippen molar-refractivity contribution in [2.24, 2.45) is 17.0 Å². The Balaban J connectivity index is 1.27. The lowest BCUT2D eigenvalue weighted by Gasteiger charge is -2.16. The zero-order valence-electron chi connectivity index (χ0n) is 24.0. The van der Waals surface area contributed by atoms with Gasteiger partial charge in [0, 0.05) is 54.7 Å². The van der Waals surface area contributed by atoms with Crippen LogP contribution in [-0.2, 0) is 11.8 Å². The number of carbonyl (C=O) groups excluding carboxylic acids is 1. The van der Waals surface area contributed by atoms with E-state index in [2.05, 4.69) is 47.4 Å². The van der Waals surface area contributed by atoms with Crippen molar-refractivity contribution in [2.45, 2.75) is 33.3 Å². The number of rotatable bonds is 8. The highest BCUT2D eigenvalue weighted by Crippen LogP contribution is 2.30. The second kappa shape index (κ2) is 12.3. The average Bonchev–Trinajstić information content (AvgIpc) is 3.66. The fourth-order valence-corrected chi connectivity index (χ4v) is 4.79. The Bertz CT molecular complexity index is 1650. The molecule has 1 atom stereocenters. The third-order valence-electron chi connectivity index (χ3n) is 6.93. The van der Waals surface area contributed by atoms with E-state index in [9.17, 15) is 9.18 Å². The minimum atomic E-state index is -0.521. The first kappa shape index (κ1) is 28.6. The van der Waals surface area contributed by atoms with Crippen LogP contribution in [0.15, 0.2) is 58.4 Å². The summed E-state index contributed by atoms with van der Waals surface area (Å²) in [5, 5.41) is 11.6. The number of guanidine groups is 1. The Kier molecular flexibility index (Phi) is 8.38. The normalized spacial score (nSPS) is 15.5. The number of fused-ring (bicyclic) bond motifs is 1. The fraction of sp³-hybridized carbons (Fsp3) is 0.310. The van der Waals surface area contributed by atoms with E-state index in [1.54, 1.807) is 4.68 Å². The number of nitrogens with zero attached hydrogens (tertiary/aromatic N) is 7. The van der Waals surface area contributed by atoms with Crippen molar-refractivity contribution in [1.82, 2.24) is 34.9 Å². The van der Waals surface area contributed by atoms with Crippen LogP contribution in [0.4, 0.5) is 15.9 Å². The van der Waals surface area contributed by atoms with E-state index in [1.165, 1.54) is 0 Å². The molecule has 0 radical (unpaired) electrons. The topological polar surface area (TPSA) is 138 Å². The molecule has 1 aliphatic rings. The Morgan fingerprint density at radius 1 is 1.29 bits per heavy atom. The third-order valence-corrected chi connectivity index (χ3v) is 6.93. The van der Waals surface area contributed by atoms with Crippen molar-refractivity contribution in [3.63, 3.8) is 0 Å². The maximum Gasteiger partial charge on any atom is 0.316 e. The van der Waals surface area contributed by atoms with Crippen LogP contribution in [0.3, 0.4) is 0 Å². The minimum absolute atomic E-state index is 0.126. The van der Waals surface area contributed by atoms with Crippen molar-refractivity contribution in [3.05, 3.63) is 65.5 Å². The molecule has 0 spiro atoms. The molecule has 0 aliphatic carbocycles. The van der Waals surface area contributed by atoms with Crippen molar-refractivity contribution in [2.75, 3.05) is 25.0 Å². The number of nitrogens with one attached hydrogen (secondary N) is 3. The van der Waals surface area contributed by atoms with Gasteiger partial charge in [0.2, 0.25) is 11.9 Å². The van der Waals surface area contributed by atoms with Crippen molar-refractivity contribution in [1.29, 1.82) is 0 Å². The summed E-state index contributed by atoms with van der Waals surface area (Å²) < 4.78 is 20.5. The minimum Gasteiger partial charge on any atom is -0.459 e. The predicted octanol–water partition coefficient (Wildman–Crippen LogP) is 3.96. The highest BCUT2D eigenvalue weighted by Gasteiger charge is 2.26. The molecule has 13 heteroatoms. The largest absolute Gasteiger partial charge is 0.459 e. The zero-order valence-corrected chi connectivity index (χ0v) is 24.0. The van der Waals surface area contributed by atoms with Gasteiger partial charge in [-0.1, -0.05) is 17.7 Å². The molecule has 0 bridgehead atoms. The number of aryl methyl sites for hydroxylation is 2. The van der Waals surface area contributed by atoms with Gasteiger partial charge in [0.15, 0.2) is 11.6 Å². The quantitative estimate of drug-likeness (QED) is 0.215. The van der Waals surface area contributed by atoms with Crippen LogP contribution >= 0.6 is 0 Å². The van der Waals surface area contributed by atoms with Gasteiger partial charge < -0.3 is 20.4 Å². The van der Waals surface area contributed by atoms with Crippen LogP contribution in [0.25, 0.3) is 16.6 Å². The molecular formula is C29H33FN10O2. The molecule has 3 N–H and O–H groups in total. The summed E-state index contributed by atoms with van der Waals surface area (Å²) in [6.45, 7) is 11.0. The molecule has 1 fully saturated rings. The molecule has 1 amide bonds. The summed E-state index contributed by atoms with van der Waals surface area (Å²) in [6.07, 6.45) is 4.57. The SMILES string of the molecule is C=NC(=Nc1cc(C)n(C)n1)NC(=C(C)C)c1c[nH]c2c(NC(=O)CN3CC[C@H](Oc4ncc(F)cn4)C3)cccc12. The van der Waals surface area contributed by atoms with Gasteiger partial charge in [-0.3, -0.25) is 14.4 Å². The molecule has 0 saturated carbocycles. The lowest BCUT2D eigenvalue weighted by molar-refractivity contribution is -0.117. The zero-order chi connectivity index (χ0) is 29.8. The first-order valence-electron chi connectivity index (χ1n) is 13.5. The lowest BCUT2D eigenvalue weighted by Crippen LogP contribution is -2.33. The van der Waals surface area contributed by atoms with Crippen LogP contribution in [-0.4, -0.2) is 74.0 Å². The summed E-state index contributed by atoms with van der Waals surface area (Å²) in [4.78, 5) is 34.6. The predicted molar refractivity (Wildman–Crippen MR) is 160 cm³/mol. The number of aromatic amines is 1. The number of para-hydroxylation sites is 1. The smallest absolute Gasteiger partial charge is 0.316 e. The van der Waals surface area contributed by atoms with E-state index in [4.69, 9.17) is 4.74 Å². The van der Waals surface area contributed by atoms with E-state index in [0.29, 0.717) is 37.0 Å². The Morgan fingerprint density at radius 2 is 2.07 bits per heavy atom. The second-order valence-corrected chi connectivity index (χ2v) is 10.3. The number of benzene rings is 1. The van der Waals surface area contributed by atoms with Gasteiger partial charge in [0.05, 0.1) is 30.1 Å². The summed E-state index contributed by atoms with van der Waals surface area (Å²) in [6, 6.07) is 7.74. The van der Waals surface area contributed by atoms with Crippen LogP contribution in [0.1, 0.15) is 31.5 Å². The van der Waals surface area contributed by atoms with Gasteiger partial charge in [-0.15, -0.1) is 0 Å². The third kappa shape index (κ3) is 6.52. The Labute approximate surface area is 242 Å². The fourth-order valence-electron chi connectivity index (χ4n) is 4.79. The van der Waals surface area contributed by atoms with Crippen LogP contribution in [0.2, 0.25) is 0 Å². The van der Waals surface area contributed by atoms with Gasteiger partial charge in [-0.05, 0) is 40.0 Å². The van der Waals surface area contributed by atoms with Gasteiger partial charge in [0.1, 0.15) is 6.10 Å². The Hall–Kier alpha value is -4.91. The summed E-state index contributed by atoms with van der Waals surface area (Å²) in [7, 11) is 1.86. The van der Waals surface area contributed by atoms with E-state index < -0.39 is 5.82 Å². The molecule has 1 aliphatic heterocycles. The summed E-state index contributed by atoms with van der Waals surface area (Å²) >= 11 is 0. The number of amides is 1. The molecule has 3 aromatic heterocycles. The maximum absolute atomic E-state index is 13.1. The second-order valence-electron chi connectivity index (χ2n) is 10.3.